The molecular weight excluding hydrogens is 459 g/mol. The van der Waals surface area contributed by atoms with Gasteiger partial charge in [-0.3, -0.25) is 19.1 Å². The Balaban J connectivity index is 1.39. The zero-order chi connectivity index (χ0) is 23.9. The predicted octanol–water partition coefficient (Wildman–Crippen LogP) is 3.50. The molecule has 3 N–H and O–H groups in total. The number of carbonyl (C=O) groups excluding carboxylic acids is 1. The van der Waals surface area contributed by atoms with E-state index in [0.717, 1.165) is 5.69 Å². The summed E-state index contributed by atoms with van der Waals surface area (Å²) in [5, 5.41) is 12.8. The number of aromatic amines is 1. The Morgan fingerprint density at radius 2 is 1.97 bits per heavy atom. The van der Waals surface area contributed by atoms with Gasteiger partial charge in [-0.1, -0.05) is 23.2 Å². The fraction of sp³-hybridized carbons (Fsp3) is 0.130. The standard InChI is InChI=1S/C23H21FN6O3S/c24-20-7-6-18(27-23(31)17-3-1-2-15(10-17)14-34(32)33)11-16(20)4-5-19-12-21(30-29-19)28-22-13-25-8-9-26-22/h1-3,6-13H,4-5,14H2,(H,27,31)(H,32,33)(H2,26,28,29,30)/p-1. The van der Waals surface area contributed by atoms with Gasteiger partial charge in [0.25, 0.3) is 5.91 Å². The van der Waals surface area contributed by atoms with Crippen molar-refractivity contribution in [2.24, 2.45) is 0 Å². The second-order valence-electron chi connectivity index (χ2n) is 7.40. The van der Waals surface area contributed by atoms with Gasteiger partial charge < -0.3 is 15.2 Å². The first-order valence-electron chi connectivity index (χ1n) is 10.3. The smallest absolute Gasteiger partial charge is 0.255 e. The zero-order valence-electron chi connectivity index (χ0n) is 17.8. The van der Waals surface area contributed by atoms with Gasteiger partial charge in [-0.15, -0.1) is 0 Å². The minimum atomic E-state index is -2.25. The van der Waals surface area contributed by atoms with E-state index in [9.17, 15) is 17.9 Å². The number of carbonyl (C=O) groups is 1. The fourth-order valence-corrected chi connectivity index (χ4v) is 3.76. The highest BCUT2D eigenvalue weighted by Gasteiger charge is 2.11. The second-order valence-corrected chi connectivity index (χ2v) is 8.30. The van der Waals surface area contributed by atoms with Crippen molar-refractivity contribution in [2.75, 3.05) is 10.6 Å². The summed E-state index contributed by atoms with van der Waals surface area (Å²) in [7, 11) is 0. The van der Waals surface area contributed by atoms with E-state index < -0.39 is 17.0 Å². The molecular formula is C23H20FN6O3S-. The summed E-state index contributed by atoms with van der Waals surface area (Å²) in [6.45, 7) is 0. The van der Waals surface area contributed by atoms with Crippen molar-refractivity contribution in [1.29, 1.82) is 0 Å². The van der Waals surface area contributed by atoms with Crippen LogP contribution in [0.15, 0.2) is 67.1 Å². The number of halogens is 1. The van der Waals surface area contributed by atoms with Crippen molar-refractivity contribution in [3.05, 3.63) is 95.3 Å². The first-order valence-corrected chi connectivity index (χ1v) is 11.5. The molecule has 0 radical (unpaired) electrons. The summed E-state index contributed by atoms with van der Waals surface area (Å²) in [5.74, 6) is 0.160. The third-order valence-corrected chi connectivity index (χ3v) is 5.46. The van der Waals surface area contributed by atoms with Gasteiger partial charge in [0.1, 0.15) is 11.6 Å². The third-order valence-electron chi connectivity index (χ3n) is 4.89. The second kappa shape index (κ2) is 10.8. The maximum absolute atomic E-state index is 14.4. The van der Waals surface area contributed by atoms with E-state index in [0.29, 0.717) is 46.9 Å². The molecule has 174 valence electrons. The lowest BCUT2D eigenvalue weighted by Crippen LogP contribution is -2.13. The maximum Gasteiger partial charge on any atom is 0.255 e. The molecule has 1 amide bonds. The summed E-state index contributed by atoms with van der Waals surface area (Å²) in [6.07, 6.45) is 5.59. The van der Waals surface area contributed by atoms with Crippen molar-refractivity contribution in [2.45, 2.75) is 18.6 Å². The van der Waals surface area contributed by atoms with Crippen LogP contribution in [0.2, 0.25) is 0 Å². The minimum absolute atomic E-state index is 0.175. The third kappa shape index (κ3) is 6.30. The van der Waals surface area contributed by atoms with Crippen molar-refractivity contribution in [1.82, 2.24) is 20.2 Å². The molecule has 0 bridgehead atoms. The van der Waals surface area contributed by atoms with Crippen molar-refractivity contribution < 1.29 is 17.9 Å². The van der Waals surface area contributed by atoms with E-state index in [1.165, 1.54) is 18.2 Å². The molecule has 0 spiro atoms. The molecule has 2 heterocycles. The molecule has 0 aliphatic carbocycles. The summed E-state index contributed by atoms with van der Waals surface area (Å²) in [6, 6.07) is 12.5. The molecule has 4 aromatic rings. The van der Waals surface area contributed by atoms with Crippen LogP contribution < -0.4 is 10.6 Å². The number of nitrogens with one attached hydrogen (secondary N) is 3. The molecule has 1 unspecified atom stereocenters. The predicted molar refractivity (Wildman–Crippen MR) is 125 cm³/mol. The van der Waals surface area contributed by atoms with E-state index in [1.807, 2.05) is 0 Å². The van der Waals surface area contributed by atoms with Gasteiger partial charge in [0.15, 0.2) is 5.82 Å². The van der Waals surface area contributed by atoms with Crippen molar-refractivity contribution in [3.8, 4) is 0 Å². The van der Waals surface area contributed by atoms with Crippen molar-refractivity contribution >= 4 is 34.3 Å². The number of anilines is 3. The number of H-pyrrole nitrogens is 1. The van der Waals surface area contributed by atoms with Gasteiger partial charge in [0, 0.05) is 41.2 Å². The zero-order valence-corrected chi connectivity index (χ0v) is 18.6. The van der Waals surface area contributed by atoms with Crippen LogP contribution in [0.25, 0.3) is 0 Å². The van der Waals surface area contributed by atoms with E-state index in [1.54, 1.807) is 48.9 Å². The Labute approximate surface area is 197 Å². The fourth-order valence-electron chi connectivity index (χ4n) is 3.30. The topological polar surface area (TPSA) is 136 Å². The summed E-state index contributed by atoms with van der Waals surface area (Å²) >= 11 is -2.25. The molecule has 2 aromatic heterocycles. The molecule has 2 aromatic carbocycles. The Kier molecular flexibility index (Phi) is 7.35. The summed E-state index contributed by atoms with van der Waals surface area (Å²) in [5.41, 5.74) is 2.50. The number of benzene rings is 2. The summed E-state index contributed by atoms with van der Waals surface area (Å²) in [4.78, 5) is 20.7. The highest BCUT2D eigenvalue weighted by molar-refractivity contribution is 7.78. The van der Waals surface area contributed by atoms with Crippen LogP contribution in [0, 0.1) is 5.82 Å². The van der Waals surface area contributed by atoms with Crippen LogP contribution in [0.5, 0.6) is 0 Å². The monoisotopic (exact) mass is 479 g/mol. The molecule has 0 saturated heterocycles. The molecule has 34 heavy (non-hydrogen) atoms. The van der Waals surface area contributed by atoms with E-state index in [2.05, 4.69) is 30.8 Å². The lowest BCUT2D eigenvalue weighted by atomic mass is 10.1. The lowest BCUT2D eigenvalue weighted by Gasteiger charge is -2.10. The van der Waals surface area contributed by atoms with Crippen LogP contribution in [-0.2, 0) is 29.7 Å². The van der Waals surface area contributed by atoms with Crippen LogP contribution in [0.3, 0.4) is 0 Å². The SMILES string of the molecule is O=C(Nc1ccc(F)c(CCc2cc(Nc3cnccn3)n[nH]2)c1)c1cccc(CS(=O)[O-])c1. The van der Waals surface area contributed by atoms with E-state index >= 15 is 0 Å². The summed E-state index contributed by atoms with van der Waals surface area (Å²) < 4.78 is 36.2. The van der Waals surface area contributed by atoms with E-state index in [-0.39, 0.29) is 11.6 Å². The average Bonchev–Trinajstić information content (AvgIpc) is 3.27. The highest BCUT2D eigenvalue weighted by Crippen LogP contribution is 2.19. The maximum atomic E-state index is 14.4. The van der Waals surface area contributed by atoms with Crippen LogP contribution in [0.4, 0.5) is 21.7 Å². The average molecular weight is 480 g/mol. The van der Waals surface area contributed by atoms with Gasteiger partial charge in [0.05, 0.1) is 6.20 Å². The largest absolute Gasteiger partial charge is 0.772 e. The van der Waals surface area contributed by atoms with Gasteiger partial charge in [-0.2, -0.15) is 5.10 Å². The molecule has 0 aliphatic heterocycles. The number of aromatic nitrogens is 4. The number of hydrogen-bond donors (Lipinski definition) is 3. The quantitative estimate of drug-likeness (QED) is 0.313. The van der Waals surface area contributed by atoms with Gasteiger partial charge in [-0.05, 0) is 54.3 Å². The molecule has 0 fully saturated rings. The molecule has 4 rings (SSSR count). The van der Waals surface area contributed by atoms with Crippen LogP contribution >= 0.6 is 0 Å². The van der Waals surface area contributed by atoms with Crippen molar-refractivity contribution in [3.63, 3.8) is 0 Å². The molecule has 0 saturated carbocycles. The number of rotatable bonds is 9. The van der Waals surface area contributed by atoms with Crippen LogP contribution in [0.1, 0.15) is 27.2 Å². The normalized spacial score (nSPS) is 11.7. The molecule has 11 heteroatoms. The Morgan fingerprint density at radius 1 is 1.09 bits per heavy atom. The number of nitrogens with zero attached hydrogens (tertiary/aromatic N) is 3. The number of amides is 1. The molecule has 1 atom stereocenters. The van der Waals surface area contributed by atoms with Gasteiger partial charge in [0.2, 0.25) is 0 Å². The molecule has 0 aliphatic rings. The first-order chi connectivity index (χ1) is 16.5. The van der Waals surface area contributed by atoms with Crippen LogP contribution in [-0.4, -0.2) is 34.8 Å². The minimum Gasteiger partial charge on any atom is -0.772 e. The molecule has 9 nitrogen and oxygen atoms in total. The van der Waals surface area contributed by atoms with Gasteiger partial charge >= 0.3 is 0 Å². The first kappa shape index (κ1) is 23.2. The Bertz CT molecular complexity index is 1320. The van der Waals surface area contributed by atoms with E-state index in [4.69, 9.17) is 0 Å². The lowest BCUT2D eigenvalue weighted by molar-refractivity contribution is 0.102. The Morgan fingerprint density at radius 3 is 2.76 bits per heavy atom. The Hall–Kier alpha value is -3.96. The number of aryl methyl sites for hydroxylation is 2. The number of hydrogen-bond acceptors (Lipinski definition) is 7. The highest BCUT2D eigenvalue weighted by atomic mass is 32.2. The van der Waals surface area contributed by atoms with Gasteiger partial charge in [-0.25, -0.2) is 9.37 Å².